The van der Waals surface area contributed by atoms with Crippen LogP contribution in [0.5, 0.6) is 0 Å². The van der Waals surface area contributed by atoms with Crippen molar-refractivity contribution in [2.75, 3.05) is 26.2 Å². The fourth-order valence-corrected chi connectivity index (χ4v) is 4.87. The highest BCUT2D eigenvalue weighted by atomic mass is 32.2. The van der Waals surface area contributed by atoms with Gasteiger partial charge in [-0.25, -0.2) is 13.9 Å². The number of carbonyl (C=O) groups excluding carboxylic acids is 1. The average Bonchev–Trinajstić information content (AvgIpc) is 3.11. The second kappa shape index (κ2) is 9.89. The molecule has 2 aliphatic heterocycles. The van der Waals surface area contributed by atoms with Crippen molar-refractivity contribution < 1.29 is 17.9 Å². The first-order chi connectivity index (χ1) is 15.0. The van der Waals surface area contributed by atoms with Crippen LogP contribution >= 0.6 is 0 Å². The van der Waals surface area contributed by atoms with Crippen molar-refractivity contribution in [1.29, 1.82) is 0 Å². The van der Waals surface area contributed by atoms with Crippen LogP contribution in [0.25, 0.3) is 11.1 Å². The van der Waals surface area contributed by atoms with Gasteiger partial charge in [-0.3, -0.25) is 4.21 Å². The number of nitrogens with zero attached hydrogens (tertiary/aromatic N) is 2. The molecule has 4 rings (SSSR count). The summed E-state index contributed by atoms with van der Waals surface area (Å²) >= 11 is -2.31. The maximum atomic E-state index is 15.5. The van der Waals surface area contributed by atoms with Gasteiger partial charge >= 0.3 is 6.03 Å². The lowest BCUT2D eigenvalue weighted by Gasteiger charge is -2.38. The molecule has 6 nitrogen and oxygen atoms in total. The largest absolute Gasteiger partial charge is 0.760 e. The number of hydrogen-bond acceptors (Lipinski definition) is 3. The van der Waals surface area contributed by atoms with E-state index in [0.717, 1.165) is 31.5 Å². The highest BCUT2D eigenvalue weighted by molar-refractivity contribution is 7.77. The second-order valence-electron chi connectivity index (χ2n) is 8.20. The molecule has 1 N–H and O–H groups in total. The molecule has 31 heavy (non-hydrogen) atoms. The maximum absolute atomic E-state index is 15.5. The number of nitrogens with one attached hydrogen (secondary N) is 1. The van der Waals surface area contributed by atoms with Crippen molar-refractivity contribution in [2.45, 2.75) is 31.7 Å². The van der Waals surface area contributed by atoms with E-state index in [1.54, 1.807) is 12.1 Å². The van der Waals surface area contributed by atoms with Gasteiger partial charge in [0.2, 0.25) is 0 Å². The second-order valence-corrected chi connectivity index (χ2v) is 8.96. The summed E-state index contributed by atoms with van der Waals surface area (Å²) in [5.74, 6) is -0.143. The molecular formula is C23H27FN3O3S-. The molecule has 0 aromatic heterocycles. The van der Waals surface area contributed by atoms with Crippen LogP contribution in [0.3, 0.4) is 0 Å². The smallest absolute Gasteiger partial charge is 0.320 e. The molecule has 166 valence electrons. The number of urea groups is 1. The van der Waals surface area contributed by atoms with Crippen molar-refractivity contribution in [3.05, 3.63) is 59.9 Å². The Kier molecular flexibility index (Phi) is 6.99. The number of benzene rings is 2. The summed E-state index contributed by atoms with van der Waals surface area (Å²) in [5, 5.41) is 0. The highest BCUT2D eigenvalue weighted by Crippen LogP contribution is 2.33. The summed E-state index contributed by atoms with van der Waals surface area (Å²) in [4.78, 5) is 16.7. The quantitative estimate of drug-likeness (QED) is 0.666. The zero-order valence-corrected chi connectivity index (χ0v) is 18.2. The minimum atomic E-state index is -2.31. The van der Waals surface area contributed by atoms with Crippen molar-refractivity contribution in [3.8, 4) is 11.1 Å². The van der Waals surface area contributed by atoms with Crippen LogP contribution in [-0.4, -0.2) is 56.8 Å². The molecule has 2 aliphatic rings. The first-order valence-corrected chi connectivity index (χ1v) is 11.8. The topological polar surface area (TPSA) is 75.7 Å². The molecule has 0 bridgehead atoms. The lowest BCUT2D eigenvalue weighted by atomic mass is 9.90. The maximum Gasteiger partial charge on any atom is 0.320 e. The molecule has 3 atom stereocenters. The summed E-state index contributed by atoms with van der Waals surface area (Å²) in [6.45, 7) is 2.46. The minimum absolute atomic E-state index is 0.0127. The number of carbonyl (C=O) groups is 1. The zero-order chi connectivity index (χ0) is 21.8. The van der Waals surface area contributed by atoms with Gasteiger partial charge in [-0.2, -0.15) is 0 Å². The van der Waals surface area contributed by atoms with Gasteiger partial charge in [0.15, 0.2) is 0 Å². The predicted octanol–water partition coefficient (Wildman–Crippen LogP) is 3.33. The van der Waals surface area contributed by atoms with Crippen molar-refractivity contribution in [2.24, 2.45) is 5.92 Å². The summed E-state index contributed by atoms with van der Waals surface area (Å²) in [5.41, 5.74) is 1.96. The van der Waals surface area contributed by atoms with Crippen LogP contribution in [0.15, 0.2) is 48.5 Å². The highest BCUT2D eigenvalue weighted by Gasteiger charge is 2.39. The van der Waals surface area contributed by atoms with E-state index in [1.807, 2.05) is 46.2 Å². The molecule has 0 radical (unpaired) electrons. The van der Waals surface area contributed by atoms with E-state index in [-0.39, 0.29) is 23.8 Å². The first kappa shape index (κ1) is 21.9. The third kappa shape index (κ3) is 4.97. The lowest BCUT2D eigenvalue weighted by molar-refractivity contribution is 0.117. The van der Waals surface area contributed by atoms with Gasteiger partial charge in [0, 0.05) is 49.1 Å². The third-order valence-corrected chi connectivity index (χ3v) is 6.82. The van der Waals surface area contributed by atoms with E-state index in [9.17, 15) is 13.6 Å². The zero-order valence-electron chi connectivity index (χ0n) is 17.3. The van der Waals surface area contributed by atoms with E-state index < -0.39 is 11.3 Å². The van der Waals surface area contributed by atoms with E-state index in [2.05, 4.69) is 4.72 Å². The molecule has 2 aromatic rings. The Hall–Kier alpha value is -2.29. The number of rotatable bonds is 7. The van der Waals surface area contributed by atoms with Gasteiger partial charge in [-0.15, -0.1) is 0 Å². The Morgan fingerprint density at radius 2 is 1.90 bits per heavy atom. The Morgan fingerprint density at radius 3 is 2.58 bits per heavy atom. The molecule has 2 fully saturated rings. The number of halogens is 1. The molecule has 2 heterocycles. The number of likely N-dealkylation sites (tertiary alicyclic amines) is 2. The van der Waals surface area contributed by atoms with E-state index in [4.69, 9.17) is 0 Å². The van der Waals surface area contributed by atoms with Crippen LogP contribution in [0.1, 0.15) is 24.8 Å². The molecule has 1 unspecified atom stereocenters. The molecule has 0 aliphatic carbocycles. The fourth-order valence-electron chi connectivity index (χ4n) is 4.59. The Balaban J connectivity index is 1.57. The van der Waals surface area contributed by atoms with Gasteiger partial charge < -0.3 is 14.4 Å². The summed E-state index contributed by atoms with van der Waals surface area (Å²) in [7, 11) is 0. The molecule has 0 spiro atoms. The monoisotopic (exact) mass is 444 g/mol. The Morgan fingerprint density at radius 1 is 1.13 bits per heavy atom. The summed E-state index contributed by atoms with van der Waals surface area (Å²) in [6, 6.07) is 14.7. The molecule has 2 aromatic carbocycles. The van der Waals surface area contributed by atoms with E-state index in [1.165, 1.54) is 0 Å². The molecule has 0 saturated carbocycles. The van der Waals surface area contributed by atoms with Gasteiger partial charge in [0.05, 0.1) is 0 Å². The fraction of sp³-hybridized carbons (Fsp3) is 0.435. The van der Waals surface area contributed by atoms with Crippen LogP contribution in [0, 0.1) is 11.7 Å². The molecular weight excluding hydrogens is 417 g/mol. The lowest BCUT2D eigenvalue weighted by Crippen LogP contribution is -2.52. The van der Waals surface area contributed by atoms with Gasteiger partial charge in [-0.1, -0.05) is 48.5 Å². The summed E-state index contributed by atoms with van der Waals surface area (Å²) < 4.78 is 39.5. The van der Waals surface area contributed by atoms with Crippen LogP contribution in [0.4, 0.5) is 9.18 Å². The Bertz CT molecular complexity index is 939. The van der Waals surface area contributed by atoms with Crippen LogP contribution < -0.4 is 4.72 Å². The van der Waals surface area contributed by atoms with Gasteiger partial charge in [0.1, 0.15) is 5.82 Å². The number of hydrogen-bond donors (Lipinski definition) is 1. The molecule has 8 heteroatoms. The van der Waals surface area contributed by atoms with Crippen molar-refractivity contribution in [3.63, 3.8) is 0 Å². The predicted molar refractivity (Wildman–Crippen MR) is 117 cm³/mol. The van der Waals surface area contributed by atoms with Crippen LogP contribution in [0.2, 0.25) is 0 Å². The normalized spacial score (nSPS) is 21.7. The van der Waals surface area contributed by atoms with E-state index >= 15 is 4.39 Å². The van der Waals surface area contributed by atoms with Crippen molar-refractivity contribution >= 4 is 17.3 Å². The minimum Gasteiger partial charge on any atom is -0.760 e. The number of amides is 2. The van der Waals surface area contributed by atoms with Gasteiger partial charge in [-0.05, 0) is 42.7 Å². The third-order valence-electron chi connectivity index (χ3n) is 6.39. The SMILES string of the molecule is O=C(N1CCC1)N1CC[C@@H](CCNS(=O)[O-])[C@@H]1Cc1cccc(-c2ccccc2)c1F. The first-order valence-electron chi connectivity index (χ1n) is 10.8. The molecule has 2 amide bonds. The van der Waals surface area contributed by atoms with E-state index in [0.29, 0.717) is 37.1 Å². The van der Waals surface area contributed by atoms with Gasteiger partial charge in [0.25, 0.3) is 0 Å². The molecule has 2 saturated heterocycles. The van der Waals surface area contributed by atoms with Crippen molar-refractivity contribution in [1.82, 2.24) is 14.5 Å². The summed E-state index contributed by atoms with van der Waals surface area (Å²) in [6.07, 6.45) is 2.83. The standard InChI is InChI=1S/C23H28FN3O3S/c24-22-19(8-4-9-20(22)17-6-2-1-3-7-17)16-21-18(10-12-25-31(29)30)11-15-27(21)23(28)26-13-5-14-26/h1-4,6-9,18,21,25H,5,10-16H2,(H,29,30)/p-1/t18-,21+/m1/s1. The van der Waals surface area contributed by atoms with Crippen LogP contribution in [-0.2, 0) is 17.7 Å². The Labute approximate surface area is 184 Å². The average molecular weight is 445 g/mol.